The molecule has 0 aliphatic heterocycles. The molecule has 0 atom stereocenters. The first-order chi connectivity index (χ1) is 12.1. The molecule has 6 nitrogen and oxygen atoms in total. The van der Waals surface area contributed by atoms with E-state index in [1.807, 2.05) is 35.0 Å². The molecule has 0 aliphatic carbocycles. The minimum atomic E-state index is -0.0960. The normalized spacial score (nSPS) is 10.8. The van der Waals surface area contributed by atoms with E-state index in [1.54, 1.807) is 17.4 Å². The van der Waals surface area contributed by atoms with Crippen LogP contribution in [0.15, 0.2) is 45.6 Å². The summed E-state index contributed by atoms with van der Waals surface area (Å²) < 4.78 is 5.27. The summed E-state index contributed by atoms with van der Waals surface area (Å²) >= 11 is 1.58. The highest BCUT2D eigenvalue weighted by atomic mass is 32.1. The maximum Gasteiger partial charge on any atom is 0.253 e. The van der Waals surface area contributed by atoms with Crippen LogP contribution in [0, 0.1) is 5.92 Å². The Kier molecular flexibility index (Phi) is 5.45. The van der Waals surface area contributed by atoms with Crippen LogP contribution < -0.4 is 10.6 Å². The number of carbonyl (C=O) groups is 1. The fourth-order valence-electron chi connectivity index (χ4n) is 2.23. The summed E-state index contributed by atoms with van der Waals surface area (Å²) in [5.74, 6) is 1.35. The second-order valence-electron chi connectivity index (χ2n) is 6.03. The molecule has 130 valence electrons. The second kappa shape index (κ2) is 7.94. The predicted molar refractivity (Wildman–Crippen MR) is 98.6 cm³/mol. The van der Waals surface area contributed by atoms with Gasteiger partial charge in [0.25, 0.3) is 5.91 Å². The van der Waals surface area contributed by atoms with E-state index in [-0.39, 0.29) is 5.91 Å². The molecule has 0 bridgehead atoms. The molecule has 0 spiro atoms. The summed E-state index contributed by atoms with van der Waals surface area (Å²) in [5, 5.41) is 14.0. The standard InChI is InChI=1S/C18H20N4O2S/c1-12(2)9-20-18(23)14-5-3-4-6-15(14)19-10-16-21-17(22-24-16)13-7-8-25-11-13/h3-8,11-12,19H,9-10H2,1-2H3,(H,20,23). The molecule has 7 heteroatoms. The molecule has 0 fully saturated rings. The van der Waals surface area contributed by atoms with E-state index in [1.165, 1.54) is 0 Å². The lowest BCUT2D eigenvalue weighted by molar-refractivity contribution is 0.0949. The van der Waals surface area contributed by atoms with Gasteiger partial charge in [0.05, 0.1) is 12.1 Å². The number of nitrogens with zero attached hydrogens (tertiary/aromatic N) is 2. The Labute approximate surface area is 150 Å². The van der Waals surface area contributed by atoms with Crippen molar-refractivity contribution in [3.8, 4) is 11.4 Å². The summed E-state index contributed by atoms with van der Waals surface area (Å²) in [7, 11) is 0. The molecule has 3 aromatic rings. The lowest BCUT2D eigenvalue weighted by Crippen LogP contribution is -2.28. The number of aromatic nitrogens is 2. The number of thiophene rings is 1. The summed E-state index contributed by atoms with van der Waals surface area (Å²) in [6.45, 7) is 5.11. The molecule has 2 aromatic heterocycles. The lowest BCUT2D eigenvalue weighted by Gasteiger charge is -2.12. The smallest absolute Gasteiger partial charge is 0.253 e. The Morgan fingerprint density at radius 2 is 2.12 bits per heavy atom. The zero-order chi connectivity index (χ0) is 17.6. The number of nitrogens with one attached hydrogen (secondary N) is 2. The Hall–Kier alpha value is -2.67. The van der Waals surface area contributed by atoms with Crippen molar-refractivity contribution in [3.63, 3.8) is 0 Å². The minimum Gasteiger partial charge on any atom is -0.375 e. The number of para-hydroxylation sites is 1. The van der Waals surface area contributed by atoms with Crippen molar-refractivity contribution in [3.05, 3.63) is 52.5 Å². The molecule has 2 N–H and O–H groups in total. The summed E-state index contributed by atoms with van der Waals surface area (Å²) in [6.07, 6.45) is 0. The average molecular weight is 356 g/mol. The topological polar surface area (TPSA) is 80.0 Å². The van der Waals surface area contributed by atoms with E-state index in [4.69, 9.17) is 4.52 Å². The molecule has 0 saturated heterocycles. The molecule has 0 aliphatic rings. The highest BCUT2D eigenvalue weighted by Crippen LogP contribution is 2.20. The molecule has 3 rings (SSSR count). The van der Waals surface area contributed by atoms with Crippen molar-refractivity contribution in [2.45, 2.75) is 20.4 Å². The van der Waals surface area contributed by atoms with Crippen LogP contribution in [0.2, 0.25) is 0 Å². The SMILES string of the molecule is CC(C)CNC(=O)c1ccccc1NCc1nc(-c2ccsc2)no1. The third-order valence-electron chi connectivity index (χ3n) is 3.52. The van der Waals surface area contributed by atoms with Gasteiger partial charge in [-0.25, -0.2) is 0 Å². The van der Waals surface area contributed by atoms with Gasteiger partial charge in [0.1, 0.15) is 0 Å². The van der Waals surface area contributed by atoms with Gasteiger partial charge in [0, 0.05) is 23.2 Å². The highest BCUT2D eigenvalue weighted by Gasteiger charge is 2.13. The first kappa shape index (κ1) is 17.2. The molecular formula is C18H20N4O2S. The van der Waals surface area contributed by atoms with Gasteiger partial charge in [0.2, 0.25) is 11.7 Å². The fourth-order valence-corrected chi connectivity index (χ4v) is 2.87. The molecular weight excluding hydrogens is 336 g/mol. The lowest BCUT2D eigenvalue weighted by atomic mass is 10.1. The van der Waals surface area contributed by atoms with Crippen LogP contribution in [0.25, 0.3) is 11.4 Å². The highest BCUT2D eigenvalue weighted by molar-refractivity contribution is 7.08. The van der Waals surface area contributed by atoms with E-state index in [0.29, 0.717) is 36.3 Å². The van der Waals surface area contributed by atoms with Crippen LogP contribution >= 0.6 is 11.3 Å². The summed E-state index contributed by atoms with van der Waals surface area (Å²) in [4.78, 5) is 16.7. The number of hydrogen-bond donors (Lipinski definition) is 2. The molecule has 2 heterocycles. The van der Waals surface area contributed by atoms with Crippen LogP contribution in [-0.4, -0.2) is 22.6 Å². The Balaban J connectivity index is 1.66. The van der Waals surface area contributed by atoms with Gasteiger partial charge in [-0.15, -0.1) is 0 Å². The Morgan fingerprint density at radius 3 is 2.88 bits per heavy atom. The van der Waals surface area contributed by atoms with Crippen LogP contribution in [0.5, 0.6) is 0 Å². The maximum atomic E-state index is 12.3. The van der Waals surface area contributed by atoms with Crippen molar-refractivity contribution in [1.29, 1.82) is 0 Å². The number of hydrogen-bond acceptors (Lipinski definition) is 6. The zero-order valence-electron chi connectivity index (χ0n) is 14.2. The number of carbonyl (C=O) groups excluding carboxylic acids is 1. The number of rotatable bonds is 7. The van der Waals surface area contributed by atoms with Crippen molar-refractivity contribution in [2.24, 2.45) is 5.92 Å². The van der Waals surface area contributed by atoms with Gasteiger partial charge in [-0.2, -0.15) is 16.3 Å². The minimum absolute atomic E-state index is 0.0960. The summed E-state index contributed by atoms with van der Waals surface area (Å²) in [6, 6.07) is 9.33. The largest absolute Gasteiger partial charge is 0.375 e. The van der Waals surface area contributed by atoms with Gasteiger partial charge in [-0.05, 0) is 29.5 Å². The first-order valence-electron chi connectivity index (χ1n) is 8.09. The predicted octanol–water partition coefficient (Wildman–Crippen LogP) is 3.80. The first-order valence-corrected chi connectivity index (χ1v) is 9.04. The van der Waals surface area contributed by atoms with E-state index in [9.17, 15) is 4.79 Å². The van der Waals surface area contributed by atoms with Crippen LogP contribution in [0.1, 0.15) is 30.1 Å². The van der Waals surface area contributed by atoms with Crippen molar-refractivity contribution in [1.82, 2.24) is 15.5 Å². The van der Waals surface area contributed by atoms with Crippen LogP contribution in [-0.2, 0) is 6.54 Å². The molecule has 25 heavy (non-hydrogen) atoms. The average Bonchev–Trinajstić information content (AvgIpc) is 3.29. The molecule has 1 aromatic carbocycles. The molecule has 0 unspecified atom stereocenters. The van der Waals surface area contributed by atoms with Crippen molar-refractivity contribution >= 4 is 22.9 Å². The number of anilines is 1. The van der Waals surface area contributed by atoms with Gasteiger partial charge in [-0.3, -0.25) is 4.79 Å². The molecule has 1 amide bonds. The maximum absolute atomic E-state index is 12.3. The van der Waals surface area contributed by atoms with E-state index in [0.717, 1.165) is 11.3 Å². The van der Waals surface area contributed by atoms with Crippen LogP contribution in [0.3, 0.4) is 0 Å². The van der Waals surface area contributed by atoms with Crippen molar-refractivity contribution in [2.75, 3.05) is 11.9 Å². The van der Waals surface area contributed by atoms with Gasteiger partial charge < -0.3 is 15.2 Å². The van der Waals surface area contributed by atoms with E-state index < -0.39 is 0 Å². The van der Waals surface area contributed by atoms with Crippen LogP contribution in [0.4, 0.5) is 5.69 Å². The number of amides is 1. The van der Waals surface area contributed by atoms with E-state index >= 15 is 0 Å². The number of benzene rings is 1. The van der Waals surface area contributed by atoms with Gasteiger partial charge in [-0.1, -0.05) is 31.1 Å². The van der Waals surface area contributed by atoms with E-state index in [2.05, 4.69) is 34.6 Å². The molecule has 0 radical (unpaired) electrons. The quantitative estimate of drug-likeness (QED) is 0.673. The monoisotopic (exact) mass is 356 g/mol. The van der Waals surface area contributed by atoms with Gasteiger partial charge in [0.15, 0.2) is 0 Å². The fraction of sp³-hybridized carbons (Fsp3) is 0.278. The van der Waals surface area contributed by atoms with Crippen molar-refractivity contribution < 1.29 is 9.32 Å². The van der Waals surface area contributed by atoms with Gasteiger partial charge >= 0.3 is 0 Å². The Bertz CT molecular complexity index is 827. The third kappa shape index (κ3) is 4.45. The summed E-state index contributed by atoms with van der Waals surface area (Å²) in [5.41, 5.74) is 2.27. The Morgan fingerprint density at radius 1 is 1.28 bits per heavy atom. The molecule has 0 saturated carbocycles. The zero-order valence-corrected chi connectivity index (χ0v) is 15.0. The second-order valence-corrected chi connectivity index (χ2v) is 6.81. The third-order valence-corrected chi connectivity index (χ3v) is 4.20.